The maximum atomic E-state index is 8.78. The van der Waals surface area contributed by atoms with Crippen LogP contribution in [0.3, 0.4) is 0 Å². The number of benzene rings is 1. The molecule has 1 heterocycles. The zero-order chi connectivity index (χ0) is 14.6. The third-order valence-electron chi connectivity index (χ3n) is 3.06. The molecule has 5 N–H and O–H groups in total. The summed E-state index contributed by atoms with van der Waals surface area (Å²) in [5, 5.41) is 7.19. The van der Waals surface area contributed by atoms with Crippen molar-refractivity contribution in [2.75, 3.05) is 5.73 Å². The number of nitrogen functional groups attached to an aromatic ring is 1. The van der Waals surface area contributed by atoms with Crippen LogP contribution in [0.1, 0.15) is 31.4 Å². The summed E-state index contributed by atoms with van der Waals surface area (Å²) in [5.41, 5.74) is 12.7. The Morgan fingerprint density at radius 3 is 2.58 bits per heavy atom. The van der Waals surface area contributed by atoms with Crippen molar-refractivity contribution in [3.05, 3.63) is 29.3 Å². The minimum absolute atomic E-state index is 0.171. The Kier molecular flexibility index (Phi) is 4.43. The molecule has 0 bridgehead atoms. The number of carbonyl (C=O) groups is 1. The average Bonchev–Trinajstić information content (AvgIpc) is 2.31. The standard InChI is InChI=1S/C13H17NO.CH3NO2/c1-4-13(3)6-5-10-8-11(14)9(2)7-12(10)15-13;2-1(3)4/h5-8H,4,14H2,1-3H3;2H2,(H,3,4). The van der Waals surface area contributed by atoms with E-state index in [4.69, 9.17) is 20.4 Å². The van der Waals surface area contributed by atoms with Crippen LogP contribution in [0.4, 0.5) is 10.5 Å². The van der Waals surface area contributed by atoms with Gasteiger partial charge in [0.1, 0.15) is 11.4 Å². The van der Waals surface area contributed by atoms with Crippen molar-refractivity contribution in [1.82, 2.24) is 0 Å². The van der Waals surface area contributed by atoms with Crippen molar-refractivity contribution in [3.63, 3.8) is 0 Å². The first-order valence-corrected chi connectivity index (χ1v) is 6.04. The van der Waals surface area contributed by atoms with Crippen molar-refractivity contribution < 1.29 is 14.6 Å². The number of carboxylic acid groups (broad SMARTS) is 1. The summed E-state index contributed by atoms with van der Waals surface area (Å²) in [6.07, 6.45) is 3.83. The Hall–Kier alpha value is -2.17. The summed E-state index contributed by atoms with van der Waals surface area (Å²) in [4.78, 5) is 8.78. The summed E-state index contributed by atoms with van der Waals surface area (Å²) in [7, 11) is 0. The van der Waals surface area contributed by atoms with E-state index in [9.17, 15) is 0 Å². The van der Waals surface area contributed by atoms with Crippen molar-refractivity contribution in [2.24, 2.45) is 5.73 Å². The minimum Gasteiger partial charge on any atom is -0.483 e. The predicted molar refractivity (Wildman–Crippen MR) is 76.2 cm³/mol. The molecule has 0 radical (unpaired) electrons. The van der Waals surface area contributed by atoms with Gasteiger partial charge in [-0.25, -0.2) is 4.79 Å². The van der Waals surface area contributed by atoms with E-state index in [1.54, 1.807) is 0 Å². The van der Waals surface area contributed by atoms with Crippen LogP contribution in [0.25, 0.3) is 6.08 Å². The van der Waals surface area contributed by atoms with E-state index in [2.05, 4.69) is 31.7 Å². The quantitative estimate of drug-likeness (QED) is 0.679. The fourth-order valence-corrected chi connectivity index (χ4v) is 1.68. The van der Waals surface area contributed by atoms with E-state index in [1.807, 2.05) is 19.1 Å². The molecular formula is C14H20N2O3. The van der Waals surface area contributed by atoms with Gasteiger partial charge in [0.25, 0.3) is 0 Å². The van der Waals surface area contributed by atoms with Gasteiger partial charge in [-0.2, -0.15) is 0 Å². The second-order valence-electron chi connectivity index (χ2n) is 4.69. The Bertz CT molecular complexity index is 508. The second-order valence-corrected chi connectivity index (χ2v) is 4.69. The first-order valence-electron chi connectivity index (χ1n) is 6.04. The third kappa shape index (κ3) is 3.91. The monoisotopic (exact) mass is 264 g/mol. The third-order valence-corrected chi connectivity index (χ3v) is 3.06. The van der Waals surface area contributed by atoms with E-state index in [0.717, 1.165) is 29.0 Å². The van der Waals surface area contributed by atoms with Crippen LogP contribution in [0, 0.1) is 6.92 Å². The minimum atomic E-state index is -1.33. The van der Waals surface area contributed by atoms with Gasteiger partial charge in [-0.05, 0) is 44.0 Å². The zero-order valence-corrected chi connectivity index (χ0v) is 11.4. The molecule has 0 saturated carbocycles. The molecule has 0 aliphatic carbocycles. The van der Waals surface area contributed by atoms with Crippen LogP contribution in [-0.4, -0.2) is 16.8 Å². The fraction of sp³-hybridized carbons (Fsp3) is 0.357. The predicted octanol–water partition coefficient (Wildman–Crippen LogP) is 2.77. The van der Waals surface area contributed by atoms with Gasteiger partial charge in [0.05, 0.1) is 0 Å². The molecule has 19 heavy (non-hydrogen) atoms. The second kappa shape index (κ2) is 5.65. The summed E-state index contributed by atoms with van der Waals surface area (Å²) < 4.78 is 5.96. The average molecular weight is 264 g/mol. The highest BCUT2D eigenvalue weighted by Gasteiger charge is 2.25. The summed E-state index contributed by atoms with van der Waals surface area (Å²) in [6, 6.07) is 3.98. The number of primary amides is 1. The van der Waals surface area contributed by atoms with Crippen molar-refractivity contribution in [2.45, 2.75) is 32.8 Å². The number of ether oxygens (including phenoxy) is 1. The Morgan fingerprint density at radius 1 is 1.47 bits per heavy atom. The van der Waals surface area contributed by atoms with Crippen LogP contribution in [0.15, 0.2) is 18.2 Å². The molecule has 1 atom stereocenters. The topological polar surface area (TPSA) is 98.6 Å². The molecule has 2 rings (SSSR count). The van der Waals surface area contributed by atoms with Crippen LogP contribution in [0.5, 0.6) is 5.75 Å². The zero-order valence-electron chi connectivity index (χ0n) is 11.4. The highest BCUT2D eigenvalue weighted by Crippen LogP contribution is 2.35. The smallest absolute Gasteiger partial charge is 0.402 e. The lowest BCUT2D eigenvalue weighted by Gasteiger charge is -2.31. The van der Waals surface area contributed by atoms with Gasteiger partial charge in [-0.1, -0.05) is 13.0 Å². The molecule has 5 nitrogen and oxygen atoms in total. The normalized spacial score (nSPS) is 19.7. The van der Waals surface area contributed by atoms with Crippen LogP contribution in [-0.2, 0) is 0 Å². The van der Waals surface area contributed by atoms with Gasteiger partial charge >= 0.3 is 6.09 Å². The van der Waals surface area contributed by atoms with Crippen molar-refractivity contribution >= 4 is 17.9 Å². The molecule has 1 aromatic carbocycles. The van der Waals surface area contributed by atoms with Gasteiger partial charge in [0.15, 0.2) is 0 Å². The highest BCUT2D eigenvalue weighted by molar-refractivity contribution is 5.67. The lowest BCUT2D eigenvalue weighted by molar-refractivity contribution is 0.133. The number of nitrogens with two attached hydrogens (primary N) is 2. The maximum absolute atomic E-state index is 8.78. The van der Waals surface area contributed by atoms with E-state index in [1.165, 1.54) is 0 Å². The van der Waals surface area contributed by atoms with Gasteiger partial charge < -0.3 is 21.3 Å². The molecule has 0 saturated heterocycles. The van der Waals surface area contributed by atoms with Gasteiger partial charge in [-0.3, -0.25) is 0 Å². The van der Waals surface area contributed by atoms with Crippen LogP contribution < -0.4 is 16.2 Å². The largest absolute Gasteiger partial charge is 0.483 e. The number of hydrogen-bond acceptors (Lipinski definition) is 3. The molecule has 5 heteroatoms. The number of hydrogen-bond donors (Lipinski definition) is 3. The highest BCUT2D eigenvalue weighted by atomic mass is 16.5. The molecule has 0 spiro atoms. The first-order chi connectivity index (χ1) is 8.77. The Morgan fingerprint density at radius 2 is 2.05 bits per heavy atom. The lowest BCUT2D eigenvalue weighted by atomic mass is 9.97. The lowest BCUT2D eigenvalue weighted by Crippen LogP contribution is -2.30. The van der Waals surface area contributed by atoms with Gasteiger partial charge in [0.2, 0.25) is 0 Å². The van der Waals surface area contributed by atoms with E-state index in [0.29, 0.717) is 0 Å². The molecule has 1 aliphatic heterocycles. The molecular weight excluding hydrogens is 244 g/mol. The van der Waals surface area contributed by atoms with E-state index in [-0.39, 0.29) is 5.60 Å². The summed E-state index contributed by atoms with van der Waals surface area (Å²) >= 11 is 0. The molecule has 1 aliphatic rings. The summed E-state index contributed by atoms with van der Waals surface area (Å²) in [6.45, 7) is 6.22. The van der Waals surface area contributed by atoms with E-state index < -0.39 is 6.09 Å². The number of amides is 1. The van der Waals surface area contributed by atoms with Crippen molar-refractivity contribution in [1.29, 1.82) is 0 Å². The van der Waals surface area contributed by atoms with Gasteiger partial charge in [0, 0.05) is 11.3 Å². The fourth-order valence-electron chi connectivity index (χ4n) is 1.68. The number of fused-ring (bicyclic) bond motifs is 1. The summed E-state index contributed by atoms with van der Waals surface area (Å²) in [5.74, 6) is 0.938. The SMILES string of the molecule is CCC1(C)C=Cc2cc(N)c(C)cc2O1.NC(=O)O. The van der Waals surface area contributed by atoms with Crippen molar-refractivity contribution in [3.8, 4) is 5.75 Å². The van der Waals surface area contributed by atoms with Crippen LogP contribution in [0.2, 0.25) is 0 Å². The molecule has 104 valence electrons. The number of rotatable bonds is 1. The molecule has 1 amide bonds. The molecule has 1 unspecified atom stereocenters. The number of anilines is 1. The van der Waals surface area contributed by atoms with E-state index >= 15 is 0 Å². The molecule has 0 fully saturated rings. The Labute approximate surface area is 112 Å². The van der Waals surface area contributed by atoms with Crippen LogP contribution >= 0.6 is 0 Å². The van der Waals surface area contributed by atoms with Gasteiger partial charge in [-0.15, -0.1) is 0 Å². The molecule has 1 aromatic rings. The molecule has 0 aromatic heterocycles. The first kappa shape index (κ1) is 14.9. The number of aryl methyl sites for hydroxylation is 1. The Balaban J connectivity index is 0.000000399. The maximum Gasteiger partial charge on any atom is 0.402 e.